The zero-order valence-electron chi connectivity index (χ0n) is 7.12. The number of benzene rings is 1. The molecular weight excluding hydrogens is 154 g/mol. The maximum Gasteiger partial charge on any atom is 0.107 e. The van der Waals surface area contributed by atoms with Gasteiger partial charge in [-0.05, 0) is 24.6 Å². The van der Waals surface area contributed by atoms with E-state index < -0.39 is 0 Å². The van der Waals surface area contributed by atoms with Gasteiger partial charge in [-0.25, -0.2) is 9.78 Å². The summed E-state index contributed by atoms with van der Waals surface area (Å²) in [5, 5.41) is 0. The number of anilines is 1. The molecule has 0 saturated heterocycles. The van der Waals surface area contributed by atoms with Crippen molar-refractivity contribution >= 4 is 5.69 Å². The van der Waals surface area contributed by atoms with Crippen molar-refractivity contribution in [2.75, 3.05) is 12.3 Å². The van der Waals surface area contributed by atoms with Gasteiger partial charge in [-0.3, -0.25) is 0 Å². The molecule has 0 spiro atoms. The molecule has 66 valence electrons. The molecule has 0 amide bonds. The Labute approximate surface area is 72.0 Å². The first-order valence-electron chi connectivity index (χ1n) is 3.91. The van der Waals surface area contributed by atoms with E-state index in [4.69, 9.17) is 15.5 Å². The van der Waals surface area contributed by atoms with Crippen LogP contribution in [0.5, 0.6) is 0 Å². The monoisotopic (exact) mass is 167 g/mol. The quantitative estimate of drug-likeness (QED) is 0.321. The van der Waals surface area contributed by atoms with Crippen molar-refractivity contribution in [3.63, 3.8) is 0 Å². The Kier molecular flexibility index (Phi) is 3.57. The fourth-order valence-electron chi connectivity index (χ4n) is 0.807. The molecule has 0 saturated carbocycles. The Morgan fingerprint density at radius 2 is 1.83 bits per heavy atom. The van der Waals surface area contributed by atoms with E-state index >= 15 is 0 Å². The summed E-state index contributed by atoms with van der Waals surface area (Å²) in [5.74, 6) is 0. The van der Waals surface area contributed by atoms with E-state index in [0.717, 1.165) is 11.3 Å². The van der Waals surface area contributed by atoms with Crippen molar-refractivity contribution in [3.05, 3.63) is 29.8 Å². The summed E-state index contributed by atoms with van der Waals surface area (Å²) < 4.78 is 0. The molecule has 2 N–H and O–H groups in total. The van der Waals surface area contributed by atoms with Crippen LogP contribution in [0.3, 0.4) is 0 Å². The first-order valence-corrected chi connectivity index (χ1v) is 3.91. The molecule has 0 fully saturated rings. The smallest absolute Gasteiger partial charge is 0.107 e. The number of nitrogen functional groups attached to an aromatic ring is 1. The molecule has 0 aliphatic rings. The Morgan fingerprint density at radius 3 is 2.42 bits per heavy atom. The largest absolute Gasteiger partial charge is 0.399 e. The van der Waals surface area contributed by atoms with E-state index in [1.165, 1.54) is 0 Å². The van der Waals surface area contributed by atoms with Crippen LogP contribution in [-0.4, -0.2) is 6.61 Å². The molecule has 1 aromatic carbocycles. The van der Waals surface area contributed by atoms with Crippen LogP contribution in [0.25, 0.3) is 0 Å². The third-order valence-electron chi connectivity index (χ3n) is 1.41. The van der Waals surface area contributed by atoms with Crippen molar-refractivity contribution in [2.24, 2.45) is 0 Å². The van der Waals surface area contributed by atoms with Gasteiger partial charge in [0.05, 0.1) is 6.61 Å². The van der Waals surface area contributed by atoms with Gasteiger partial charge in [-0.1, -0.05) is 12.1 Å². The highest BCUT2D eigenvalue weighted by atomic mass is 17.2. The lowest BCUT2D eigenvalue weighted by Crippen LogP contribution is -1.94. The molecule has 3 nitrogen and oxygen atoms in total. The molecule has 0 radical (unpaired) electrons. The highest BCUT2D eigenvalue weighted by molar-refractivity contribution is 5.38. The molecule has 12 heavy (non-hydrogen) atoms. The second-order valence-electron chi connectivity index (χ2n) is 2.41. The Morgan fingerprint density at radius 1 is 1.17 bits per heavy atom. The summed E-state index contributed by atoms with van der Waals surface area (Å²) in [4.78, 5) is 9.60. The fourth-order valence-corrected chi connectivity index (χ4v) is 0.807. The van der Waals surface area contributed by atoms with Crippen LogP contribution < -0.4 is 5.73 Å². The Bertz CT molecular complexity index is 220. The second-order valence-corrected chi connectivity index (χ2v) is 2.41. The molecule has 0 aliphatic heterocycles. The third-order valence-corrected chi connectivity index (χ3v) is 1.41. The van der Waals surface area contributed by atoms with E-state index in [1.54, 1.807) is 0 Å². The lowest BCUT2D eigenvalue weighted by molar-refractivity contribution is -0.300. The standard InChI is InChI=1S/C9H13NO2/c1-2-11-12-7-8-3-5-9(10)6-4-8/h3-6H,2,7,10H2,1H3. The molecule has 1 aromatic rings. The van der Waals surface area contributed by atoms with Crippen LogP contribution in [0.1, 0.15) is 12.5 Å². The summed E-state index contributed by atoms with van der Waals surface area (Å²) in [7, 11) is 0. The number of nitrogens with two attached hydrogens (primary N) is 1. The van der Waals surface area contributed by atoms with Gasteiger partial charge in [0.1, 0.15) is 6.61 Å². The molecule has 1 rings (SSSR count). The van der Waals surface area contributed by atoms with Crippen molar-refractivity contribution in [3.8, 4) is 0 Å². The van der Waals surface area contributed by atoms with Gasteiger partial charge in [0.25, 0.3) is 0 Å². The number of hydrogen-bond acceptors (Lipinski definition) is 3. The lowest BCUT2D eigenvalue weighted by Gasteiger charge is -2.01. The van der Waals surface area contributed by atoms with Crippen LogP contribution in [0.15, 0.2) is 24.3 Å². The van der Waals surface area contributed by atoms with Gasteiger partial charge in [-0.15, -0.1) is 0 Å². The summed E-state index contributed by atoms with van der Waals surface area (Å²) in [6.07, 6.45) is 0. The summed E-state index contributed by atoms with van der Waals surface area (Å²) in [5.41, 5.74) is 7.32. The first-order chi connectivity index (χ1) is 5.83. The van der Waals surface area contributed by atoms with Crippen molar-refractivity contribution in [1.82, 2.24) is 0 Å². The molecule has 0 unspecified atom stereocenters. The first kappa shape index (κ1) is 9.03. The molecular formula is C9H13NO2. The third kappa shape index (κ3) is 2.90. The Balaban J connectivity index is 2.37. The van der Waals surface area contributed by atoms with E-state index in [1.807, 2.05) is 31.2 Å². The van der Waals surface area contributed by atoms with Crippen molar-refractivity contribution in [1.29, 1.82) is 0 Å². The Hall–Kier alpha value is -1.06. The highest BCUT2D eigenvalue weighted by Crippen LogP contribution is 2.06. The van der Waals surface area contributed by atoms with Gasteiger partial charge in [0.2, 0.25) is 0 Å². The van der Waals surface area contributed by atoms with Crippen LogP contribution in [0.2, 0.25) is 0 Å². The van der Waals surface area contributed by atoms with Crippen LogP contribution in [0.4, 0.5) is 5.69 Å². The van der Waals surface area contributed by atoms with E-state index in [9.17, 15) is 0 Å². The maximum atomic E-state index is 5.51. The van der Waals surface area contributed by atoms with Gasteiger partial charge in [-0.2, -0.15) is 0 Å². The summed E-state index contributed by atoms with van der Waals surface area (Å²) in [6, 6.07) is 7.50. The minimum Gasteiger partial charge on any atom is -0.399 e. The van der Waals surface area contributed by atoms with Gasteiger partial charge < -0.3 is 5.73 Å². The van der Waals surface area contributed by atoms with Crippen molar-refractivity contribution < 1.29 is 9.78 Å². The average molecular weight is 167 g/mol. The van der Waals surface area contributed by atoms with Gasteiger partial charge in [0, 0.05) is 5.69 Å². The SMILES string of the molecule is CCOOCc1ccc(N)cc1. The molecule has 0 bridgehead atoms. The molecule has 0 atom stereocenters. The van der Waals surface area contributed by atoms with E-state index in [2.05, 4.69) is 0 Å². The average Bonchev–Trinajstić information content (AvgIpc) is 2.09. The molecule has 0 heterocycles. The van der Waals surface area contributed by atoms with Gasteiger partial charge in [0.15, 0.2) is 0 Å². The fraction of sp³-hybridized carbons (Fsp3) is 0.333. The molecule has 3 heteroatoms. The minimum absolute atomic E-state index is 0.466. The highest BCUT2D eigenvalue weighted by Gasteiger charge is 1.92. The van der Waals surface area contributed by atoms with Crippen LogP contribution in [-0.2, 0) is 16.4 Å². The second kappa shape index (κ2) is 4.74. The van der Waals surface area contributed by atoms with Crippen LogP contribution >= 0.6 is 0 Å². The minimum atomic E-state index is 0.466. The van der Waals surface area contributed by atoms with E-state index in [-0.39, 0.29) is 0 Å². The zero-order valence-corrected chi connectivity index (χ0v) is 7.12. The topological polar surface area (TPSA) is 44.5 Å². The number of hydrogen-bond donors (Lipinski definition) is 1. The normalized spacial score (nSPS) is 10.1. The zero-order chi connectivity index (χ0) is 8.81. The maximum absolute atomic E-state index is 5.51. The lowest BCUT2D eigenvalue weighted by atomic mass is 10.2. The summed E-state index contributed by atoms with van der Waals surface area (Å²) in [6.45, 7) is 2.91. The van der Waals surface area contributed by atoms with Gasteiger partial charge >= 0.3 is 0 Å². The van der Waals surface area contributed by atoms with Crippen molar-refractivity contribution in [2.45, 2.75) is 13.5 Å². The molecule has 0 aliphatic carbocycles. The van der Waals surface area contributed by atoms with Crippen LogP contribution in [0, 0.1) is 0 Å². The predicted molar refractivity (Wildman–Crippen MR) is 47.3 cm³/mol. The number of rotatable bonds is 4. The molecule has 0 aromatic heterocycles. The summed E-state index contributed by atoms with van der Waals surface area (Å²) >= 11 is 0. The van der Waals surface area contributed by atoms with E-state index in [0.29, 0.717) is 13.2 Å². The predicted octanol–water partition coefficient (Wildman–Crippen LogP) is 1.74.